The van der Waals surface area contributed by atoms with Crippen LogP contribution in [-0.4, -0.2) is 30.5 Å². The number of aliphatic hydroxyl groups is 1. The molecule has 0 heterocycles. The fourth-order valence-electron chi connectivity index (χ4n) is 1.41. The standard InChI is InChI=1S/C13H18O4/c1-9(14)5-4-6-10-7-11(16-2)13(15)12(8-10)17-3/h4,6-9,14-15H,5H2,1-3H3/b6-4+. The van der Waals surface area contributed by atoms with Gasteiger partial charge in [-0.15, -0.1) is 0 Å². The molecule has 4 heteroatoms. The summed E-state index contributed by atoms with van der Waals surface area (Å²) in [6.07, 6.45) is 3.91. The molecule has 0 saturated carbocycles. The topological polar surface area (TPSA) is 58.9 Å². The van der Waals surface area contributed by atoms with Gasteiger partial charge in [0.2, 0.25) is 5.75 Å². The Morgan fingerprint density at radius 3 is 2.18 bits per heavy atom. The minimum Gasteiger partial charge on any atom is -0.502 e. The molecule has 0 fully saturated rings. The van der Waals surface area contributed by atoms with Crippen molar-refractivity contribution in [3.8, 4) is 17.2 Å². The number of hydrogen-bond acceptors (Lipinski definition) is 4. The number of methoxy groups -OCH3 is 2. The van der Waals surface area contributed by atoms with Gasteiger partial charge >= 0.3 is 0 Å². The van der Waals surface area contributed by atoms with E-state index in [0.29, 0.717) is 17.9 Å². The Morgan fingerprint density at radius 2 is 1.76 bits per heavy atom. The quantitative estimate of drug-likeness (QED) is 0.825. The van der Waals surface area contributed by atoms with Crippen molar-refractivity contribution in [1.82, 2.24) is 0 Å². The van der Waals surface area contributed by atoms with Crippen LogP contribution >= 0.6 is 0 Å². The molecule has 0 aliphatic heterocycles. The highest BCUT2D eigenvalue weighted by atomic mass is 16.5. The summed E-state index contributed by atoms with van der Waals surface area (Å²) in [5.41, 5.74) is 0.845. The van der Waals surface area contributed by atoms with Crippen LogP contribution in [-0.2, 0) is 0 Å². The first-order chi connectivity index (χ1) is 8.08. The van der Waals surface area contributed by atoms with E-state index in [1.165, 1.54) is 14.2 Å². The lowest BCUT2D eigenvalue weighted by atomic mass is 10.1. The van der Waals surface area contributed by atoms with Crippen LogP contribution in [0.25, 0.3) is 6.08 Å². The van der Waals surface area contributed by atoms with Crippen LogP contribution in [0.1, 0.15) is 18.9 Å². The lowest BCUT2D eigenvalue weighted by molar-refractivity contribution is 0.199. The molecule has 0 aliphatic rings. The van der Waals surface area contributed by atoms with Crippen molar-refractivity contribution in [2.45, 2.75) is 19.4 Å². The molecule has 0 spiro atoms. The zero-order chi connectivity index (χ0) is 12.8. The Morgan fingerprint density at radius 1 is 1.24 bits per heavy atom. The molecular formula is C13H18O4. The molecule has 0 saturated heterocycles. The van der Waals surface area contributed by atoms with E-state index in [2.05, 4.69) is 0 Å². The fraction of sp³-hybridized carbons (Fsp3) is 0.385. The Bertz CT molecular complexity index is 371. The second kappa shape index (κ2) is 6.15. The van der Waals surface area contributed by atoms with E-state index < -0.39 is 0 Å². The van der Waals surface area contributed by atoms with Crippen molar-refractivity contribution in [3.05, 3.63) is 23.8 Å². The van der Waals surface area contributed by atoms with Crippen LogP contribution < -0.4 is 9.47 Å². The summed E-state index contributed by atoms with van der Waals surface area (Å²) in [5, 5.41) is 18.8. The Balaban J connectivity index is 2.97. The lowest BCUT2D eigenvalue weighted by Gasteiger charge is -2.09. The van der Waals surface area contributed by atoms with Gasteiger partial charge in [0, 0.05) is 0 Å². The number of benzene rings is 1. The highest BCUT2D eigenvalue weighted by Crippen LogP contribution is 2.37. The minimum absolute atomic E-state index is 0.0114. The largest absolute Gasteiger partial charge is 0.502 e. The first-order valence-corrected chi connectivity index (χ1v) is 5.38. The van der Waals surface area contributed by atoms with Gasteiger partial charge in [-0.3, -0.25) is 0 Å². The summed E-state index contributed by atoms with van der Waals surface area (Å²) in [7, 11) is 2.97. The maximum atomic E-state index is 9.71. The number of rotatable bonds is 5. The Kier molecular flexibility index (Phi) is 4.84. The second-order valence-electron chi connectivity index (χ2n) is 3.76. The first-order valence-electron chi connectivity index (χ1n) is 5.38. The van der Waals surface area contributed by atoms with Crippen LogP contribution in [0, 0.1) is 0 Å². The number of phenolic OH excluding ortho intramolecular Hbond substituents is 1. The number of aliphatic hydroxyl groups excluding tert-OH is 1. The van der Waals surface area contributed by atoms with Crippen molar-refractivity contribution in [1.29, 1.82) is 0 Å². The molecule has 94 valence electrons. The average Bonchev–Trinajstić information content (AvgIpc) is 2.30. The Hall–Kier alpha value is -1.68. The van der Waals surface area contributed by atoms with Gasteiger partial charge in [0.15, 0.2) is 11.5 Å². The van der Waals surface area contributed by atoms with E-state index in [1.807, 2.05) is 12.2 Å². The van der Waals surface area contributed by atoms with Crippen LogP contribution in [0.3, 0.4) is 0 Å². The normalized spacial score (nSPS) is 12.7. The third-order valence-corrected chi connectivity index (χ3v) is 2.29. The maximum absolute atomic E-state index is 9.71. The third kappa shape index (κ3) is 3.67. The monoisotopic (exact) mass is 238 g/mol. The van der Waals surface area contributed by atoms with Crippen molar-refractivity contribution in [3.63, 3.8) is 0 Å². The Labute approximate surface area is 101 Å². The molecule has 1 aromatic carbocycles. The van der Waals surface area contributed by atoms with Crippen molar-refractivity contribution >= 4 is 6.08 Å². The summed E-state index contributed by atoms with van der Waals surface area (Å²) < 4.78 is 10.1. The molecular weight excluding hydrogens is 220 g/mol. The number of hydrogen-bond donors (Lipinski definition) is 2. The highest BCUT2D eigenvalue weighted by Gasteiger charge is 2.09. The molecule has 1 rings (SSSR count). The second-order valence-corrected chi connectivity index (χ2v) is 3.76. The van der Waals surface area contributed by atoms with Gasteiger partial charge in [-0.1, -0.05) is 12.2 Å². The molecule has 17 heavy (non-hydrogen) atoms. The van der Waals surface area contributed by atoms with Gasteiger partial charge in [0.05, 0.1) is 20.3 Å². The molecule has 0 amide bonds. The van der Waals surface area contributed by atoms with E-state index in [1.54, 1.807) is 19.1 Å². The minimum atomic E-state index is -0.368. The molecule has 0 radical (unpaired) electrons. The van der Waals surface area contributed by atoms with E-state index >= 15 is 0 Å². The molecule has 1 unspecified atom stereocenters. The van der Waals surface area contributed by atoms with E-state index in [4.69, 9.17) is 14.6 Å². The molecule has 1 atom stereocenters. The molecule has 0 bridgehead atoms. The third-order valence-electron chi connectivity index (χ3n) is 2.29. The molecule has 0 aromatic heterocycles. The van der Waals surface area contributed by atoms with Gasteiger partial charge in [-0.2, -0.15) is 0 Å². The SMILES string of the molecule is COc1cc(/C=C/CC(C)O)cc(OC)c1O. The molecule has 0 aliphatic carbocycles. The summed E-state index contributed by atoms with van der Waals surface area (Å²) >= 11 is 0. The van der Waals surface area contributed by atoms with Crippen LogP contribution in [0.2, 0.25) is 0 Å². The highest BCUT2D eigenvalue weighted by molar-refractivity contribution is 5.61. The smallest absolute Gasteiger partial charge is 0.200 e. The van der Waals surface area contributed by atoms with E-state index in [9.17, 15) is 5.11 Å². The van der Waals surface area contributed by atoms with Crippen LogP contribution in [0.15, 0.2) is 18.2 Å². The van der Waals surface area contributed by atoms with Crippen molar-refractivity contribution in [2.24, 2.45) is 0 Å². The van der Waals surface area contributed by atoms with E-state index in [0.717, 1.165) is 5.56 Å². The average molecular weight is 238 g/mol. The van der Waals surface area contributed by atoms with Crippen molar-refractivity contribution < 1.29 is 19.7 Å². The first kappa shape index (κ1) is 13.4. The molecule has 4 nitrogen and oxygen atoms in total. The predicted molar refractivity (Wildman–Crippen MR) is 66.5 cm³/mol. The summed E-state index contributed by atoms with van der Waals surface area (Å²) in [6, 6.07) is 3.41. The number of ether oxygens (including phenoxy) is 2. The van der Waals surface area contributed by atoms with Gasteiger partial charge in [-0.25, -0.2) is 0 Å². The maximum Gasteiger partial charge on any atom is 0.200 e. The van der Waals surface area contributed by atoms with Gasteiger partial charge < -0.3 is 19.7 Å². The zero-order valence-corrected chi connectivity index (χ0v) is 10.3. The van der Waals surface area contributed by atoms with Gasteiger partial charge in [-0.05, 0) is 31.0 Å². The molecule has 2 N–H and O–H groups in total. The number of phenols is 1. The fourth-order valence-corrected chi connectivity index (χ4v) is 1.41. The molecule has 1 aromatic rings. The summed E-state index contributed by atoms with van der Waals surface area (Å²) in [4.78, 5) is 0. The zero-order valence-electron chi connectivity index (χ0n) is 10.3. The van der Waals surface area contributed by atoms with Crippen LogP contribution in [0.4, 0.5) is 0 Å². The van der Waals surface area contributed by atoms with Crippen LogP contribution in [0.5, 0.6) is 17.2 Å². The van der Waals surface area contributed by atoms with E-state index in [-0.39, 0.29) is 11.9 Å². The predicted octanol–water partition coefficient (Wildman–Crippen LogP) is 2.19. The van der Waals surface area contributed by atoms with Gasteiger partial charge in [0.25, 0.3) is 0 Å². The van der Waals surface area contributed by atoms with Gasteiger partial charge in [0.1, 0.15) is 0 Å². The lowest BCUT2D eigenvalue weighted by Crippen LogP contribution is -1.95. The summed E-state index contributed by atoms with van der Waals surface area (Å²) in [5.74, 6) is 0.713. The number of aromatic hydroxyl groups is 1. The summed E-state index contributed by atoms with van der Waals surface area (Å²) in [6.45, 7) is 1.72. The van der Waals surface area contributed by atoms with Crippen molar-refractivity contribution in [2.75, 3.05) is 14.2 Å².